The molecule has 308 valence electrons. The summed E-state index contributed by atoms with van der Waals surface area (Å²) in [5.41, 5.74) is 5.09. The van der Waals surface area contributed by atoms with Crippen molar-refractivity contribution in [2.24, 2.45) is 11.8 Å². The van der Waals surface area contributed by atoms with E-state index in [2.05, 4.69) is 30.6 Å². The third kappa shape index (κ3) is 8.29. The Hall–Kier alpha value is -5.74. The van der Waals surface area contributed by atoms with Crippen LogP contribution in [-0.2, 0) is 28.5 Å². The second-order valence-corrected chi connectivity index (χ2v) is 15.4. The van der Waals surface area contributed by atoms with Crippen molar-refractivity contribution in [3.8, 4) is 33.6 Å². The van der Waals surface area contributed by atoms with Crippen LogP contribution in [0.5, 0.6) is 0 Å². The van der Waals surface area contributed by atoms with E-state index in [-0.39, 0.29) is 36.8 Å². The van der Waals surface area contributed by atoms with Crippen molar-refractivity contribution in [2.45, 2.75) is 76.9 Å². The maximum atomic E-state index is 14.1. The largest absolute Gasteiger partial charge is 0.453 e. The molecule has 2 aromatic heterocycles. The van der Waals surface area contributed by atoms with Gasteiger partial charge in [0.2, 0.25) is 11.8 Å². The van der Waals surface area contributed by atoms with E-state index in [1.807, 2.05) is 62.4 Å². The number of aromatic amines is 2. The number of imidazole rings is 2. The molecule has 4 amide bonds. The minimum atomic E-state index is -2.79. The Morgan fingerprint density at radius 3 is 1.66 bits per heavy atom. The van der Waals surface area contributed by atoms with E-state index < -0.39 is 55.1 Å². The Kier molecular flexibility index (Phi) is 10.4. The van der Waals surface area contributed by atoms with Crippen LogP contribution in [0.2, 0.25) is 0 Å². The molecular weight excluding hydrogens is 745 g/mol. The van der Waals surface area contributed by atoms with Gasteiger partial charge in [0.25, 0.3) is 0 Å². The van der Waals surface area contributed by atoms with Crippen LogP contribution in [0, 0.1) is 11.8 Å². The number of carbonyl (C=O) groups excluding carboxylic acids is 4. The summed E-state index contributed by atoms with van der Waals surface area (Å²) >= 11 is 0. The highest BCUT2D eigenvalue weighted by Crippen LogP contribution is 2.43. The van der Waals surface area contributed by atoms with Gasteiger partial charge < -0.3 is 49.3 Å². The minimum Gasteiger partial charge on any atom is -0.453 e. The number of amides is 4. The van der Waals surface area contributed by atoms with Crippen LogP contribution >= 0.6 is 0 Å². The third-order valence-corrected chi connectivity index (χ3v) is 11.0. The molecule has 4 N–H and O–H groups in total. The average molecular weight is 801 g/mol. The van der Waals surface area contributed by atoms with Crippen LogP contribution in [0.25, 0.3) is 33.6 Å². The molecule has 0 saturated carbocycles. The Labute approximate surface area is 343 Å². The lowest BCUT2D eigenvalue weighted by atomic mass is 10.0. The molecule has 1 spiro atoms. The quantitative estimate of drug-likeness (QED) is 0.149. The number of ether oxygens (including phenoxy) is 4. The van der Waals surface area contributed by atoms with E-state index in [1.165, 1.54) is 19.1 Å². The summed E-state index contributed by atoms with van der Waals surface area (Å²) in [6.45, 7) is 1.94. The van der Waals surface area contributed by atoms with Crippen molar-refractivity contribution in [2.75, 3.05) is 40.4 Å². The highest BCUT2D eigenvalue weighted by Gasteiger charge is 2.52. The van der Waals surface area contributed by atoms with E-state index in [9.17, 15) is 19.2 Å². The van der Waals surface area contributed by atoms with Crippen LogP contribution in [-0.4, -0.2) is 112 Å². The van der Waals surface area contributed by atoms with Gasteiger partial charge in [-0.2, -0.15) is 0 Å². The Balaban J connectivity index is 1.06. The Bertz CT molecular complexity index is 2270. The zero-order valence-corrected chi connectivity index (χ0v) is 33.3. The second kappa shape index (κ2) is 17.0. The highest BCUT2D eigenvalue weighted by atomic mass is 16.7. The Morgan fingerprint density at radius 2 is 1.19 bits per heavy atom. The van der Waals surface area contributed by atoms with Crippen molar-refractivity contribution < 1.29 is 43.6 Å². The van der Waals surface area contributed by atoms with E-state index >= 15 is 0 Å². The number of hydrogen-bond acceptors (Lipinski definition) is 10. The van der Waals surface area contributed by atoms with Crippen molar-refractivity contribution in [1.82, 2.24) is 40.4 Å². The number of nitrogens with zero attached hydrogens (tertiary/aromatic N) is 4. The first-order chi connectivity index (χ1) is 29.4. The molecule has 0 bridgehead atoms. The first-order valence-corrected chi connectivity index (χ1v) is 19.4. The zero-order valence-electron chi connectivity index (χ0n) is 37.3. The van der Waals surface area contributed by atoms with Gasteiger partial charge in [-0.15, -0.1) is 0 Å². The van der Waals surface area contributed by atoms with Crippen molar-refractivity contribution in [3.05, 3.63) is 72.6 Å². The van der Waals surface area contributed by atoms with Crippen LogP contribution in [0.4, 0.5) is 9.59 Å². The number of benzene rings is 2. The zero-order chi connectivity index (χ0) is 44.7. The lowest BCUT2D eigenvalue weighted by Crippen LogP contribution is -2.52. The molecule has 3 fully saturated rings. The van der Waals surface area contributed by atoms with E-state index in [0.29, 0.717) is 23.9 Å². The number of hydrogen-bond donors (Lipinski definition) is 4. The first-order valence-electron chi connectivity index (χ1n) is 21.4. The number of methoxy groups -OCH3 is 2. The summed E-state index contributed by atoms with van der Waals surface area (Å²) in [4.78, 5) is 70.9. The number of rotatable bonds is 11. The summed E-state index contributed by atoms with van der Waals surface area (Å²) in [5, 5.41) is 5.25. The molecule has 4 aromatic rings. The van der Waals surface area contributed by atoms with Crippen LogP contribution in [0.1, 0.15) is 76.2 Å². The third-order valence-electron chi connectivity index (χ3n) is 11.0. The molecule has 5 heterocycles. The van der Waals surface area contributed by atoms with Gasteiger partial charge in [0.1, 0.15) is 23.7 Å². The van der Waals surface area contributed by atoms with Crippen molar-refractivity contribution in [3.63, 3.8) is 0 Å². The van der Waals surface area contributed by atoms with E-state index in [1.54, 1.807) is 31.1 Å². The van der Waals surface area contributed by atoms with Gasteiger partial charge in [-0.3, -0.25) is 9.59 Å². The van der Waals surface area contributed by atoms with Gasteiger partial charge in [-0.05, 0) is 46.9 Å². The summed E-state index contributed by atoms with van der Waals surface area (Å²) in [5.74, 6) is -1.98. The molecular formula is C42H52N8O8. The summed E-state index contributed by atoms with van der Waals surface area (Å²) < 4.78 is 53.2. The van der Waals surface area contributed by atoms with Gasteiger partial charge in [0.15, 0.2) is 5.79 Å². The number of H-pyrrole nitrogens is 2. The van der Waals surface area contributed by atoms with Gasteiger partial charge in [0.05, 0.1) is 75.2 Å². The minimum absolute atomic E-state index is 0.129. The van der Waals surface area contributed by atoms with Crippen molar-refractivity contribution >= 4 is 24.0 Å². The highest BCUT2D eigenvalue weighted by molar-refractivity contribution is 5.87. The topological polar surface area (TPSA) is 193 Å². The smallest absolute Gasteiger partial charge is 0.407 e. The first kappa shape index (κ1) is 35.4. The number of carbonyl (C=O) groups is 4. The van der Waals surface area contributed by atoms with Crippen molar-refractivity contribution in [1.29, 1.82) is 0 Å². The van der Waals surface area contributed by atoms with E-state index in [0.717, 1.165) is 40.8 Å². The fourth-order valence-electron chi connectivity index (χ4n) is 7.77. The summed E-state index contributed by atoms with van der Waals surface area (Å²) in [7, 11) is 2.46. The predicted molar refractivity (Wildman–Crippen MR) is 213 cm³/mol. The van der Waals surface area contributed by atoms with Crippen LogP contribution in [0.3, 0.4) is 0 Å². The molecule has 2 unspecified atom stereocenters. The Morgan fingerprint density at radius 1 is 0.741 bits per heavy atom. The maximum absolute atomic E-state index is 14.1. The lowest BCUT2D eigenvalue weighted by Gasteiger charge is -2.30. The molecule has 3 aliphatic heterocycles. The summed E-state index contributed by atoms with van der Waals surface area (Å²) in [6.07, 6.45) is 3.36. The van der Waals surface area contributed by atoms with Gasteiger partial charge in [-0.25, -0.2) is 19.6 Å². The predicted octanol–water partition coefficient (Wildman–Crippen LogP) is 5.58. The molecule has 7 rings (SSSR count). The number of likely N-dealkylation sites (tertiary alicyclic amines) is 2. The fraction of sp³-hybridized carbons (Fsp3) is 0.476. The van der Waals surface area contributed by atoms with Gasteiger partial charge in [0, 0.05) is 13.0 Å². The number of aromatic nitrogens is 4. The molecule has 58 heavy (non-hydrogen) atoms. The molecule has 16 nitrogen and oxygen atoms in total. The van der Waals surface area contributed by atoms with Crippen LogP contribution < -0.4 is 10.6 Å². The molecule has 3 saturated heterocycles. The standard InChI is InChI=1S/C42H52N8O8/c1-24(2)34(47-40(53)55-5)38(51)49-17-7-8-32(49)36-43-21-30(45-36)28-13-9-26(10-14-28)27-11-15-29(16-12-27)31-22-44-37(46-31)33-20-42(57-18-19-58-42)23-50(33)39(52)35(25(3)4)48-41(54)56-6/h9-16,21-22,24-25,32-35H,7-8,17-20,23H2,1-6H3,(H,43,45)(H,44,46)(H,47,53)(H,48,54)/t32?,33-,34?,35-/m0/s1/i18D2,19D2. The molecule has 0 aliphatic carbocycles. The molecule has 0 radical (unpaired) electrons. The lowest BCUT2D eigenvalue weighted by molar-refractivity contribution is -0.153. The molecule has 2 aromatic carbocycles. The normalized spacial score (nSPS) is 22.6. The van der Waals surface area contributed by atoms with Crippen LogP contribution in [0.15, 0.2) is 60.9 Å². The summed E-state index contributed by atoms with van der Waals surface area (Å²) in [6, 6.07) is 13.0. The average Bonchev–Trinajstić information content (AvgIpc) is 4.09. The number of nitrogens with one attached hydrogen (secondary N) is 4. The van der Waals surface area contributed by atoms with Gasteiger partial charge in [-0.1, -0.05) is 76.2 Å². The SMILES string of the molecule is [2H]C1([2H])OC2(C[C@@H](c3ncc(-c4ccc(-c5ccc(-c6cnc(C7CCCN7C(=O)C(NC(=O)OC)C(C)C)[nH]6)cc5)cc4)[nH]3)N(C(=O)[C@@H](NC(=O)OC)C(C)C)C2)OC1([2H])[2H]. The number of alkyl carbamates (subject to hydrolysis) is 2. The molecule has 3 aliphatic rings. The molecule has 16 heteroatoms. The maximum Gasteiger partial charge on any atom is 0.407 e. The fourth-order valence-corrected chi connectivity index (χ4v) is 7.77. The van der Waals surface area contributed by atoms with E-state index in [4.69, 9.17) is 24.4 Å². The van der Waals surface area contributed by atoms with Gasteiger partial charge >= 0.3 is 12.2 Å². The monoisotopic (exact) mass is 800 g/mol. The second-order valence-electron chi connectivity index (χ2n) is 15.4. The molecule has 4 atom stereocenters.